The second-order valence-electron chi connectivity index (χ2n) is 6.25. The number of aromatic nitrogens is 1. The summed E-state index contributed by atoms with van der Waals surface area (Å²) in [4.78, 5) is 29.8. The second kappa shape index (κ2) is 7.89. The number of rotatable bonds is 5. The third-order valence-electron chi connectivity index (χ3n) is 4.35. The van der Waals surface area contributed by atoms with Crippen LogP contribution >= 0.6 is 11.3 Å². The topological polar surface area (TPSA) is 73.8 Å². The number of nitrogens with zero attached hydrogens (tertiary/aromatic N) is 2. The average molecular weight is 406 g/mol. The Morgan fingerprint density at radius 1 is 1.28 bits per heavy atom. The molecule has 0 aliphatic heterocycles. The van der Waals surface area contributed by atoms with Crippen LogP contribution in [0, 0.1) is 0 Å². The first-order valence-corrected chi connectivity index (χ1v) is 9.91. The highest BCUT2D eigenvalue weighted by Crippen LogP contribution is 2.23. The molecule has 0 saturated carbocycles. The fraction of sp³-hybridized carbons (Fsp3) is 0.136. The van der Waals surface area contributed by atoms with E-state index < -0.39 is 11.5 Å². The maximum Gasteiger partial charge on any atom is 0.349 e. The molecule has 1 amide bonds. The lowest BCUT2D eigenvalue weighted by Crippen LogP contribution is -2.19. The number of carbonyl (C=O) groups is 1. The van der Waals surface area contributed by atoms with E-state index in [2.05, 4.69) is 11.6 Å². The van der Waals surface area contributed by atoms with Crippen molar-refractivity contribution in [1.82, 2.24) is 4.57 Å². The standard InChI is InChI=1S/C22H18N2O4S/c1-3-11-24-17-10-9-15(27-4-2)13-19(17)29-22(24)23-20(25)16-12-14-7-5-6-8-18(14)28-21(16)26/h3,5-10,12-13H,1,4,11H2,2H3. The van der Waals surface area contributed by atoms with Crippen LogP contribution in [0.4, 0.5) is 0 Å². The van der Waals surface area contributed by atoms with E-state index in [1.807, 2.05) is 35.8 Å². The van der Waals surface area contributed by atoms with Crippen LogP contribution in [0.1, 0.15) is 17.3 Å². The molecule has 0 saturated heterocycles. The molecular formula is C22H18N2O4S. The van der Waals surface area contributed by atoms with Gasteiger partial charge >= 0.3 is 5.63 Å². The molecule has 0 aliphatic rings. The molecule has 2 aromatic carbocycles. The third-order valence-corrected chi connectivity index (χ3v) is 5.39. The van der Waals surface area contributed by atoms with Gasteiger partial charge in [0.1, 0.15) is 16.9 Å². The average Bonchev–Trinajstić information content (AvgIpc) is 3.04. The van der Waals surface area contributed by atoms with E-state index in [-0.39, 0.29) is 5.56 Å². The number of ether oxygens (including phenoxy) is 1. The van der Waals surface area contributed by atoms with Crippen molar-refractivity contribution in [3.8, 4) is 5.75 Å². The molecule has 4 rings (SSSR count). The zero-order valence-electron chi connectivity index (χ0n) is 15.8. The Bertz CT molecular complexity index is 1360. The molecule has 6 nitrogen and oxygen atoms in total. The molecule has 29 heavy (non-hydrogen) atoms. The Balaban J connectivity index is 1.85. The monoisotopic (exact) mass is 406 g/mol. The van der Waals surface area contributed by atoms with Crippen LogP contribution in [0.3, 0.4) is 0 Å². The summed E-state index contributed by atoms with van der Waals surface area (Å²) < 4.78 is 13.6. The van der Waals surface area contributed by atoms with Crippen LogP contribution < -0.4 is 15.2 Å². The number of thiazole rings is 1. The lowest BCUT2D eigenvalue weighted by Gasteiger charge is -2.04. The molecule has 0 spiro atoms. The predicted octanol–water partition coefficient (Wildman–Crippen LogP) is 4.14. The van der Waals surface area contributed by atoms with E-state index >= 15 is 0 Å². The minimum absolute atomic E-state index is 0.0960. The highest BCUT2D eigenvalue weighted by Gasteiger charge is 2.14. The van der Waals surface area contributed by atoms with Gasteiger partial charge in [0.2, 0.25) is 0 Å². The molecule has 4 aromatic rings. The van der Waals surface area contributed by atoms with Crippen molar-refractivity contribution in [1.29, 1.82) is 0 Å². The molecule has 0 aliphatic carbocycles. The number of hydrogen-bond acceptors (Lipinski definition) is 5. The van der Waals surface area contributed by atoms with Gasteiger partial charge in [-0.05, 0) is 37.3 Å². The molecule has 0 unspecified atom stereocenters. The van der Waals surface area contributed by atoms with Crippen LogP contribution in [0.2, 0.25) is 0 Å². The highest BCUT2D eigenvalue weighted by molar-refractivity contribution is 7.16. The third kappa shape index (κ3) is 3.64. The summed E-state index contributed by atoms with van der Waals surface area (Å²) in [7, 11) is 0. The van der Waals surface area contributed by atoms with Gasteiger partial charge in [0.25, 0.3) is 5.91 Å². The van der Waals surface area contributed by atoms with Crippen molar-refractivity contribution in [2.24, 2.45) is 4.99 Å². The van der Waals surface area contributed by atoms with Crippen LogP contribution in [0.25, 0.3) is 21.2 Å². The lowest BCUT2D eigenvalue weighted by molar-refractivity contribution is 0.0994. The van der Waals surface area contributed by atoms with Gasteiger partial charge in [-0.2, -0.15) is 4.99 Å². The van der Waals surface area contributed by atoms with Gasteiger partial charge in [0, 0.05) is 11.9 Å². The Kier molecular flexibility index (Phi) is 5.14. The molecule has 2 aromatic heterocycles. The van der Waals surface area contributed by atoms with Crippen LogP contribution in [-0.2, 0) is 6.54 Å². The number of amides is 1. The Morgan fingerprint density at radius 3 is 2.90 bits per heavy atom. The SMILES string of the molecule is C=CCn1c(=NC(=O)c2cc3ccccc3oc2=O)sc2cc(OCC)ccc21. The molecule has 2 heterocycles. The number of fused-ring (bicyclic) bond motifs is 2. The molecule has 0 N–H and O–H groups in total. The normalized spacial score (nSPS) is 11.8. The summed E-state index contributed by atoms with van der Waals surface area (Å²) in [6, 6.07) is 14.3. The van der Waals surface area contributed by atoms with Gasteiger partial charge in [-0.25, -0.2) is 4.79 Å². The zero-order chi connectivity index (χ0) is 20.4. The van der Waals surface area contributed by atoms with Crippen molar-refractivity contribution in [3.63, 3.8) is 0 Å². The highest BCUT2D eigenvalue weighted by atomic mass is 32.1. The van der Waals surface area contributed by atoms with E-state index in [1.165, 1.54) is 17.4 Å². The number of allylic oxidation sites excluding steroid dienone is 1. The molecule has 0 bridgehead atoms. The molecule has 146 valence electrons. The summed E-state index contributed by atoms with van der Waals surface area (Å²) in [5, 5.41) is 0.669. The van der Waals surface area contributed by atoms with E-state index in [4.69, 9.17) is 9.15 Å². The molecule has 0 atom stereocenters. The first kappa shape index (κ1) is 18.9. The largest absolute Gasteiger partial charge is 0.494 e. The van der Waals surface area contributed by atoms with Gasteiger partial charge in [-0.15, -0.1) is 6.58 Å². The maximum absolute atomic E-state index is 12.8. The quantitative estimate of drug-likeness (QED) is 0.369. The van der Waals surface area contributed by atoms with E-state index in [0.717, 1.165) is 16.0 Å². The Morgan fingerprint density at radius 2 is 2.10 bits per heavy atom. The molecule has 7 heteroatoms. The molecular weight excluding hydrogens is 388 g/mol. The van der Waals surface area contributed by atoms with E-state index in [9.17, 15) is 9.59 Å². The fourth-order valence-corrected chi connectivity index (χ4v) is 4.13. The summed E-state index contributed by atoms with van der Waals surface area (Å²) >= 11 is 1.35. The lowest BCUT2D eigenvalue weighted by atomic mass is 10.2. The van der Waals surface area contributed by atoms with Crippen molar-refractivity contribution in [2.45, 2.75) is 13.5 Å². The van der Waals surface area contributed by atoms with E-state index in [1.54, 1.807) is 24.3 Å². The zero-order valence-corrected chi connectivity index (χ0v) is 16.6. The fourth-order valence-electron chi connectivity index (χ4n) is 3.06. The Labute approximate surface area is 170 Å². The van der Waals surface area contributed by atoms with Crippen molar-refractivity contribution < 1.29 is 13.9 Å². The van der Waals surface area contributed by atoms with Crippen molar-refractivity contribution in [2.75, 3.05) is 6.61 Å². The minimum Gasteiger partial charge on any atom is -0.494 e. The molecule has 0 radical (unpaired) electrons. The number of carbonyl (C=O) groups excluding carboxylic acids is 1. The number of hydrogen-bond donors (Lipinski definition) is 0. The van der Waals surface area contributed by atoms with Crippen molar-refractivity contribution in [3.05, 3.63) is 82.0 Å². The van der Waals surface area contributed by atoms with Crippen LogP contribution in [0.5, 0.6) is 5.75 Å². The van der Waals surface area contributed by atoms with Crippen molar-refractivity contribution >= 4 is 38.4 Å². The summed E-state index contributed by atoms with van der Waals surface area (Å²) in [6.07, 6.45) is 1.73. The van der Waals surface area contributed by atoms with Gasteiger partial charge in [0.05, 0.1) is 16.8 Å². The summed E-state index contributed by atoms with van der Waals surface area (Å²) in [6.45, 7) is 6.75. The number of para-hydroxylation sites is 1. The first-order valence-electron chi connectivity index (χ1n) is 9.09. The minimum atomic E-state index is -0.701. The van der Waals surface area contributed by atoms with Crippen LogP contribution in [0.15, 0.2) is 75.4 Å². The van der Waals surface area contributed by atoms with Gasteiger partial charge in [0.15, 0.2) is 4.80 Å². The second-order valence-corrected chi connectivity index (χ2v) is 7.26. The molecule has 0 fully saturated rings. The van der Waals surface area contributed by atoms with Gasteiger partial charge in [-0.3, -0.25) is 4.79 Å². The van der Waals surface area contributed by atoms with E-state index in [0.29, 0.717) is 28.9 Å². The van der Waals surface area contributed by atoms with Gasteiger partial charge in [-0.1, -0.05) is 35.6 Å². The first-order chi connectivity index (χ1) is 14.1. The smallest absolute Gasteiger partial charge is 0.349 e. The number of benzene rings is 2. The Hall–Kier alpha value is -3.45. The van der Waals surface area contributed by atoms with Crippen LogP contribution in [-0.4, -0.2) is 17.1 Å². The maximum atomic E-state index is 12.8. The van der Waals surface area contributed by atoms with Gasteiger partial charge < -0.3 is 13.7 Å². The predicted molar refractivity (Wildman–Crippen MR) is 114 cm³/mol. The summed E-state index contributed by atoms with van der Waals surface area (Å²) in [5.41, 5.74) is 0.547. The summed E-state index contributed by atoms with van der Waals surface area (Å²) in [5.74, 6) is 0.110.